The first-order valence-electron chi connectivity index (χ1n) is 14.8. The van der Waals surface area contributed by atoms with Crippen LogP contribution < -0.4 is 14.5 Å². The molecule has 6 nitrogen and oxygen atoms in total. The monoisotopic (exact) mass is 648 g/mol. The quantitative estimate of drug-likeness (QED) is 0.236. The molecule has 4 aliphatic rings. The first-order chi connectivity index (χ1) is 21.6. The van der Waals surface area contributed by atoms with Crippen molar-refractivity contribution in [2.24, 2.45) is 29.6 Å². The van der Waals surface area contributed by atoms with Crippen LogP contribution >= 0.6 is 23.1 Å². The molecule has 2 amide bonds. The van der Waals surface area contributed by atoms with E-state index in [0.29, 0.717) is 18.8 Å². The highest BCUT2D eigenvalue weighted by Gasteiger charge is 2.69. The van der Waals surface area contributed by atoms with Crippen LogP contribution in [0, 0.1) is 36.5 Å². The van der Waals surface area contributed by atoms with Gasteiger partial charge in [-0.25, -0.2) is 0 Å². The number of benzene rings is 3. The molecule has 0 radical (unpaired) electrons. The molecule has 2 aliphatic heterocycles. The predicted octanol–water partition coefficient (Wildman–Crippen LogP) is 7.02. The number of fused-ring (bicyclic) bond motifs is 9. The number of imide groups is 1. The molecule has 0 spiro atoms. The van der Waals surface area contributed by atoms with Crippen molar-refractivity contribution in [2.75, 3.05) is 4.90 Å². The summed E-state index contributed by atoms with van der Waals surface area (Å²) in [5, 5.41) is 0.779. The van der Waals surface area contributed by atoms with Gasteiger partial charge in [-0.05, 0) is 78.1 Å². The molecule has 3 heterocycles. The van der Waals surface area contributed by atoms with Gasteiger partial charge in [0.2, 0.25) is 11.8 Å². The van der Waals surface area contributed by atoms with Gasteiger partial charge in [0, 0.05) is 16.0 Å². The van der Waals surface area contributed by atoms with Gasteiger partial charge in [0.15, 0.2) is 0 Å². The van der Waals surface area contributed by atoms with E-state index in [1.165, 1.54) is 23.5 Å². The zero-order valence-corrected chi connectivity index (χ0v) is 25.5. The van der Waals surface area contributed by atoms with Gasteiger partial charge >= 0.3 is 11.0 Å². The molecule has 230 valence electrons. The van der Waals surface area contributed by atoms with Gasteiger partial charge in [-0.1, -0.05) is 53.8 Å². The lowest BCUT2D eigenvalue weighted by Gasteiger charge is -2.43. The second kappa shape index (κ2) is 10.3. The third kappa shape index (κ3) is 4.49. The summed E-state index contributed by atoms with van der Waals surface area (Å²) < 4.78 is 46.5. The Morgan fingerprint density at radius 3 is 2.40 bits per heavy atom. The largest absolute Gasteiger partial charge is 0.489 e. The van der Waals surface area contributed by atoms with E-state index in [4.69, 9.17) is 4.74 Å². The second-order valence-corrected chi connectivity index (χ2v) is 14.5. The van der Waals surface area contributed by atoms with Crippen molar-refractivity contribution in [3.05, 3.63) is 110 Å². The number of alkyl halides is 3. The summed E-state index contributed by atoms with van der Waals surface area (Å²) in [6.07, 6.45) is -3.90. The molecule has 3 fully saturated rings. The number of carbonyl (C=O) groups excluding carboxylic acids is 2. The Kier molecular flexibility index (Phi) is 6.58. The number of H-pyrrole nitrogens is 1. The average molecular weight is 649 g/mol. The fourth-order valence-electron chi connectivity index (χ4n) is 8.17. The Morgan fingerprint density at radius 1 is 0.933 bits per heavy atom. The number of amides is 2. The van der Waals surface area contributed by atoms with E-state index in [1.54, 1.807) is 11.8 Å². The summed E-state index contributed by atoms with van der Waals surface area (Å²) in [7, 11) is 0. The number of thioether (sulfide) groups is 1. The van der Waals surface area contributed by atoms with Crippen LogP contribution in [0.5, 0.6) is 5.75 Å². The summed E-state index contributed by atoms with van der Waals surface area (Å²) in [4.78, 5) is 45.0. The summed E-state index contributed by atoms with van der Waals surface area (Å²) in [5.41, 5.74) is 2.31. The molecular formula is C34H27F3N2O4S2. The van der Waals surface area contributed by atoms with Crippen LogP contribution in [0.15, 0.2) is 82.6 Å². The second-order valence-electron chi connectivity index (χ2n) is 12.3. The van der Waals surface area contributed by atoms with Gasteiger partial charge in [-0.15, -0.1) is 11.8 Å². The van der Waals surface area contributed by atoms with Crippen LogP contribution in [0.25, 0.3) is 0 Å². The third-order valence-electron chi connectivity index (χ3n) is 10.1. The van der Waals surface area contributed by atoms with Gasteiger partial charge in [-0.2, -0.15) is 13.2 Å². The molecule has 11 heteroatoms. The topological polar surface area (TPSA) is 79.5 Å². The fraction of sp³-hybridized carbons (Fsp3) is 0.324. The van der Waals surface area contributed by atoms with E-state index in [0.717, 1.165) is 43.6 Å². The summed E-state index contributed by atoms with van der Waals surface area (Å²) in [5.74, 6) is -1.77. The van der Waals surface area contributed by atoms with Crippen molar-refractivity contribution in [3.8, 4) is 5.75 Å². The van der Waals surface area contributed by atoms with Crippen molar-refractivity contribution in [1.82, 2.24) is 4.98 Å². The predicted molar refractivity (Wildman–Crippen MR) is 164 cm³/mol. The summed E-state index contributed by atoms with van der Waals surface area (Å²) in [6.45, 7) is 2.48. The number of anilines is 1. The Balaban J connectivity index is 1.11. The summed E-state index contributed by atoms with van der Waals surface area (Å²) >= 11 is 2.75. The molecule has 6 unspecified atom stereocenters. The van der Waals surface area contributed by atoms with Gasteiger partial charge in [-0.3, -0.25) is 19.3 Å². The number of aromatic amines is 1. The molecule has 45 heavy (non-hydrogen) atoms. The lowest BCUT2D eigenvalue weighted by molar-refractivity contribution is -0.137. The number of carbonyl (C=O) groups is 2. The van der Waals surface area contributed by atoms with E-state index in [2.05, 4.69) is 4.98 Å². The van der Waals surface area contributed by atoms with Crippen LogP contribution in [0.1, 0.15) is 39.5 Å². The number of nitrogens with zero attached hydrogens (tertiary/aromatic N) is 1. The van der Waals surface area contributed by atoms with Crippen LogP contribution in [0.4, 0.5) is 18.9 Å². The highest BCUT2D eigenvalue weighted by Crippen LogP contribution is 2.68. The molecule has 2 saturated carbocycles. The molecule has 8 rings (SSSR count). The van der Waals surface area contributed by atoms with E-state index < -0.39 is 35.4 Å². The third-order valence-corrected chi connectivity index (χ3v) is 12.6. The fourth-order valence-corrected chi connectivity index (χ4v) is 11.1. The minimum Gasteiger partial charge on any atom is -0.489 e. The molecule has 4 aromatic rings. The van der Waals surface area contributed by atoms with Crippen molar-refractivity contribution in [1.29, 1.82) is 0 Å². The van der Waals surface area contributed by atoms with Crippen LogP contribution in [-0.2, 0) is 22.4 Å². The number of thiazole rings is 1. The van der Waals surface area contributed by atoms with E-state index in [-0.39, 0.29) is 39.5 Å². The number of hydrogen-bond acceptors (Lipinski definition) is 6. The number of hydrogen-bond donors (Lipinski definition) is 1. The smallest absolute Gasteiger partial charge is 0.416 e. The van der Waals surface area contributed by atoms with E-state index in [1.807, 2.05) is 55.5 Å². The first kappa shape index (κ1) is 28.6. The Morgan fingerprint density at radius 2 is 1.67 bits per heavy atom. The maximum absolute atomic E-state index is 13.9. The zero-order chi connectivity index (χ0) is 31.2. The number of ether oxygens (including phenoxy) is 1. The molecule has 2 bridgehead atoms. The number of aromatic nitrogens is 1. The molecule has 1 saturated heterocycles. The maximum Gasteiger partial charge on any atom is 0.416 e. The molecular weight excluding hydrogens is 622 g/mol. The Labute approximate surface area is 264 Å². The van der Waals surface area contributed by atoms with Gasteiger partial charge in [0.05, 0.1) is 28.1 Å². The van der Waals surface area contributed by atoms with E-state index >= 15 is 0 Å². The number of halogens is 3. The normalized spacial score (nSPS) is 28.3. The van der Waals surface area contributed by atoms with Gasteiger partial charge in [0.1, 0.15) is 12.4 Å². The molecule has 2 aliphatic carbocycles. The Hall–Kier alpha value is -3.83. The minimum absolute atomic E-state index is 0.0165. The number of rotatable bonds is 5. The van der Waals surface area contributed by atoms with Crippen LogP contribution in [0.3, 0.4) is 0 Å². The standard InChI is InChI=1S/C34H27F3N2O4S2/c1-16-5-2-3-6-18(16)15-43-21-11-9-17(10-12-21)24-25-22-14-23(28(25)44-30-29(24)45-33(42)38-30)27-26(22)31(40)39(32(27)41)20-8-4-7-19(13-20)34(35,36)37/h2-13,22-28H,14-15H2,1H3,(H,38,42)/t22?,23?,24-,25?,26?,27?,28?/m1/s1. The molecule has 1 N–H and O–H groups in total. The first-order valence-corrected chi connectivity index (χ1v) is 16.5. The molecule has 7 atom stereocenters. The molecule has 1 aromatic heterocycles. The lowest BCUT2D eigenvalue weighted by atomic mass is 9.68. The van der Waals surface area contributed by atoms with Crippen LogP contribution in [0.2, 0.25) is 0 Å². The average Bonchev–Trinajstić information content (AvgIpc) is 3.75. The minimum atomic E-state index is -4.59. The zero-order valence-electron chi connectivity index (χ0n) is 23.9. The van der Waals surface area contributed by atoms with Crippen molar-refractivity contribution >= 4 is 40.6 Å². The van der Waals surface area contributed by atoms with Crippen molar-refractivity contribution < 1.29 is 27.5 Å². The SMILES string of the molecule is Cc1ccccc1COc1ccc([C@H]2c3sc(=O)[nH]c3SC3C4CC(C5C(=O)N(c6cccc(C(F)(F)F)c6)C(=O)C45)C32)cc1. The van der Waals surface area contributed by atoms with Gasteiger partial charge < -0.3 is 9.72 Å². The highest BCUT2D eigenvalue weighted by atomic mass is 32.2. The Bertz CT molecular complexity index is 1900. The maximum atomic E-state index is 13.9. The van der Waals surface area contributed by atoms with E-state index in [9.17, 15) is 27.6 Å². The molecule has 3 aromatic carbocycles. The number of aryl methyl sites for hydroxylation is 1. The van der Waals surface area contributed by atoms with Crippen LogP contribution in [-0.4, -0.2) is 22.0 Å². The van der Waals surface area contributed by atoms with Crippen molar-refractivity contribution in [3.63, 3.8) is 0 Å². The summed E-state index contributed by atoms with van der Waals surface area (Å²) in [6, 6.07) is 20.4. The van der Waals surface area contributed by atoms with Crippen molar-refractivity contribution in [2.45, 2.75) is 42.3 Å². The lowest BCUT2D eigenvalue weighted by Crippen LogP contribution is -2.42. The number of nitrogens with one attached hydrogen (secondary N) is 1. The highest BCUT2D eigenvalue weighted by molar-refractivity contribution is 8.00. The van der Waals surface area contributed by atoms with Gasteiger partial charge in [0.25, 0.3) is 0 Å².